The summed E-state index contributed by atoms with van der Waals surface area (Å²) in [7, 11) is 0. The number of thioether (sulfide) groups is 1. The highest BCUT2D eigenvalue weighted by atomic mass is 35.5. The van der Waals surface area contributed by atoms with Crippen molar-refractivity contribution in [1.29, 1.82) is 0 Å². The first-order valence-electron chi connectivity index (χ1n) is 7.15. The summed E-state index contributed by atoms with van der Waals surface area (Å²) in [5.74, 6) is -1.56. The first-order chi connectivity index (χ1) is 11.5. The fourth-order valence-corrected chi connectivity index (χ4v) is 4.12. The number of hydrogen-bond donors (Lipinski definition) is 1. The van der Waals surface area contributed by atoms with Gasteiger partial charge in [-0.05, 0) is 42.0 Å². The van der Waals surface area contributed by atoms with E-state index in [1.807, 2.05) is 0 Å². The number of halogens is 2. The fourth-order valence-electron chi connectivity index (χ4n) is 2.57. The molecule has 7 heteroatoms. The minimum Gasteiger partial charge on any atom is -0.480 e. The minimum absolute atomic E-state index is 0.275. The Bertz CT molecular complexity index is 766. The van der Waals surface area contributed by atoms with Gasteiger partial charge in [-0.2, -0.15) is 0 Å². The van der Waals surface area contributed by atoms with Gasteiger partial charge in [0.25, 0.3) is 5.91 Å². The van der Waals surface area contributed by atoms with Crippen molar-refractivity contribution < 1.29 is 19.1 Å². The van der Waals surface area contributed by atoms with Gasteiger partial charge in [0.15, 0.2) is 0 Å². The molecule has 0 aromatic heterocycles. The summed E-state index contributed by atoms with van der Waals surface area (Å²) in [4.78, 5) is 25.7. The molecule has 0 bridgehead atoms. The second-order valence-corrected chi connectivity index (χ2v) is 6.86. The van der Waals surface area contributed by atoms with Crippen LogP contribution in [-0.2, 0) is 4.79 Å². The van der Waals surface area contributed by atoms with E-state index < -0.39 is 23.3 Å². The van der Waals surface area contributed by atoms with Gasteiger partial charge in [-0.1, -0.05) is 23.7 Å². The third-order valence-corrected chi connectivity index (χ3v) is 5.34. The molecule has 124 valence electrons. The molecule has 2 atom stereocenters. The zero-order valence-corrected chi connectivity index (χ0v) is 13.9. The molecule has 0 unspecified atom stereocenters. The van der Waals surface area contributed by atoms with Gasteiger partial charge in [-0.15, -0.1) is 11.8 Å². The second kappa shape index (κ2) is 6.83. The zero-order valence-electron chi connectivity index (χ0n) is 12.4. The summed E-state index contributed by atoms with van der Waals surface area (Å²) in [6.07, 6.45) is 0. The number of amides is 1. The summed E-state index contributed by atoms with van der Waals surface area (Å²) >= 11 is 7.18. The van der Waals surface area contributed by atoms with Gasteiger partial charge < -0.3 is 10.0 Å². The van der Waals surface area contributed by atoms with Crippen LogP contribution in [0.5, 0.6) is 0 Å². The molecule has 2 aromatic rings. The highest BCUT2D eigenvalue weighted by Gasteiger charge is 2.42. The van der Waals surface area contributed by atoms with Crippen LogP contribution in [0.15, 0.2) is 48.5 Å². The maximum Gasteiger partial charge on any atom is 0.327 e. The molecule has 1 heterocycles. The maximum absolute atomic E-state index is 13.1. The number of carbonyl (C=O) groups excluding carboxylic acids is 1. The van der Waals surface area contributed by atoms with E-state index in [-0.39, 0.29) is 11.6 Å². The van der Waals surface area contributed by atoms with E-state index in [9.17, 15) is 19.1 Å². The molecule has 1 aliphatic heterocycles. The Balaban J connectivity index is 1.97. The Labute approximate surface area is 147 Å². The first-order valence-corrected chi connectivity index (χ1v) is 8.58. The van der Waals surface area contributed by atoms with Gasteiger partial charge in [0.2, 0.25) is 0 Å². The van der Waals surface area contributed by atoms with E-state index in [1.165, 1.54) is 28.8 Å². The van der Waals surface area contributed by atoms with E-state index >= 15 is 0 Å². The van der Waals surface area contributed by atoms with Crippen molar-refractivity contribution in [2.75, 3.05) is 5.75 Å². The molecule has 24 heavy (non-hydrogen) atoms. The van der Waals surface area contributed by atoms with Crippen molar-refractivity contribution in [3.63, 3.8) is 0 Å². The van der Waals surface area contributed by atoms with Crippen molar-refractivity contribution in [1.82, 2.24) is 4.90 Å². The van der Waals surface area contributed by atoms with Gasteiger partial charge in [0.1, 0.15) is 17.2 Å². The Morgan fingerprint density at radius 2 is 1.75 bits per heavy atom. The van der Waals surface area contributed by atoms with Crippen LogP contribution in [0, 0.1) is 5.82 Å². The molecule has 0 saturated carbocycles. The molecule has 1 fully saturated rings. The molecule has 1 amide bonds. The van der Waals surface area contributed by atoms with Crippen molar-refractivity contribution in [2.45, 2.75) is 11.4 Å². The SMILES string of the molecule is O=C(O)[C@H]1CS[C@H](c2ccc(F)cc2)N1C(=O)c1ccc(Cl)cc1. The number of aliphatic carboxylic acids is 1. The van der Waals surface area contributed by atoms with Gasteiger partial charge in [-0.3, -0.25) is 4.79 Å². The number of carboxylic acid groups (broad SMARTS) is 1. The van der Waals surface area contributed by atoms with Crippen LogP contribution in [0.2, 0.25) is 5.02 Å². The minimum atomic E-state index is -1.06. The molecule has 1 N–H and O–H groups in total. The number of benzene rings is 2. The largest absolute Gasteiger partial charge is 0.480 e. The number of nitrogens with zero attached hydrogens (tertiary/aromatic N) is 1. The molecule has 4 nitrogen and oxygen atoms in total. The van der Waals surface area contributed by atoms with E-state index in [0.717, 1.165) is 0 Å². The van der Waals surface area contributed by atoms with Gasteiger partial charge >= 0.3 is 5.97 Å². The summed E-state index contributed by atoms with van der Waals surface area (Å²) in [5, 5.41) is 9.46. The van der Waals surface area contributed by atoms with Crippen LogP contribution in [0.1, 0.15) is 21.3 Å². The van der Waals surface area contributed by atoms with Crippen LogP contribution >= 0.6 is 23.4 Å². The molecule has 0 radical (unpaired) electrons. The summed E-state index contributed by atoms with van der Waals surface area (Å²) < 4.78 is 13.1. The standard InChI is InChI=1S/C17H13ClFNO3S/c18-12-5-1-10(2-6-12)15(21)20-14(17(22)23)9-24-16(20)11-3-7-13(19)8-4-11/h1-8,14,16H,9H2,(H,22,23)/t14-,16-/m1/s1. The monoisotopic (exact) mass is 365 g/mol. The highest BCUT2D eigenvalue weighted by molar-refractivity contribution is 7.99. The van der Waals surface area contributed by atoms with Crippen molar-refractivity contribution in [2.24, 2.45) is 0 Å². The molecule has 0 aliphatic carbocycles. The van der Waals surface area contributed by atoms with Gasteiger partial charge in [-0.25, -0.2) is 9.18 Å². The van der Waals surface area contributed by atoms with Crippen LogP contribution in [0.4, 0.5) is 4.39 Å². The quantitative estimate of drug-likeness (QED) is 0.898. The molecule has 2 aromatic carbocycles. The van der Waals surface area contributed by atoms with E-state index in [4.69, 9.17) is 11.6 Å². The van der Waals surface area contributed by atoms with Crippen molar-refractivity contribution in [3.05, 3.63) is 70.5 Å². The lowest BCUT2D eigenvalue weighted by Gasteiger charge is -2.27. The summed E-state index contributed by atoms with van der Waals surface area (Å²) in [6, 6.07) is 11.1. The number of carbonyl (C=O) groups is 2. The lowest BCUT2D eigenvalue weighted by molar-refractivity contribution is -0.141. The lowest BCUT2D eigenvalue weighted by atomic mass is 10.1. The van der Waals surface area contributed by atoms with Gasteiger partial charge in [0.05, 0.1) is 0 Å². The van der Waals surface area contributed by atoms with Gasteiger partial charge in [0, 0.05) is 16.3 Å². The smallest absolute Gasteiger partial charge is 0.327 e. The van der Waals surface area contributed by atoms with E-state index in [0.29, 0.717) is 16.1 Å². The number of rotatable bonds is 3. The van der Waals surface area contributed by atoms with E-state index in [2.05, 4.69) is 0 Å². The molecular formula is C17H13ClFNO3S. The molecular weight excluding hydrogens is 353 g/mol. The Morgan fingerprint density at radius 3 is 2.33 bits per heavy atom. The molecule has 1 saturated heterocycles. The predicted molar refractivity (Wildman–Crippen MR) is 90.6 cm³/mol. The lowest BCUT2D eigenvalue weighted by Crippen LogP contribution is -2.42. The molecule has 1 aliphatic rings. The average Bonchev–Trinajstić information content (AvgIpc) is 3.01. The van der Waals surface area contributed by atoms with Crippen LogP contribution in [0.3, 0.4) is 0 Å². The Morgan fingerprint density at radius 1 is 1.12 bits per heavy atom. The van der Waals surface area contributed by atoms with Crippen molar-refractivity contribution in [3.8, 4) is 0 Å². The molecule has 3 rings (SSSR count). The Kier molecular flexibility index (Phi) is 4.78. The maximum atomic E-state index is 13.1. The number of hydrogen-bond acceptors (Lipinski definition) is 3. The zero-order chi connectivity index (χ0) is 17.3. The summed E-state index contributed by atoms with van der Waals surface area (Å²) in [5.41, 5.74) is 1.05. The third kappa shape index (κ3) is 3.25. The highest BCUT2D eigenvalue weighted by Crippen LogP contribution is 2.42. The fraction of sp³-hybridized carbons (Fsp3) is 0.176. The van der Waals surface area contributed by atoms with Crippen LogP contribution in [0.25, 0.3) is 0 Å². The van der Waals surface area contributed by atoms with Crippen molar-refractivity contribution >= 4 is 35.2 Å². The van der Waals surface area contributed by atoms with E-state index in [1.54, 1.807) is 36.4 Å². The normalized spacial score (nSPS) is 20.2. The predicted octanol–water partition coefficient (Wildman–Crippen LogP) is 3.82. The Hall–Kier alpha value is -2.05. The average molecular weight is 366 g/mol. The topological polar surface area (TPSA) is 57.6 Å². The third-order valence-electron chi connectivity index (χ3n) is 3.77. The summed E-state index contributed by atoms with van der Waals surface area (Å²) in [6.45, 7) is 0. The second-order valence-electron chi connectivity index (χ2n) is 5.31. The number of carboxylic acids is 1. The molecule has 0 spiro atoms. The van der Waals surface area contributed by atoms with Crippen LogP contribution in [-0.4, -0.2) is 33.7 Å². The first kappa shape index (κ1) is 16.8. The van der Waals surface area contributed by atoms with Crippen LogP contribution < -0.4 is 0 Å².